The van der Waals surface area contributed by atoms with E-state index in [1.807, 2.05) is 0 Å². The zero-order chi connectivity index (χ0) is 11.2. The highest BCUT2D eigenvalue weighted by atomic mass is 31.2. The number of carboxylic acids is 1. The second kappa shape index (κ2) is 5.78. The van der Waals surface area contributed by atoms with Crippen molar-refractivity contribution in [3.05, 3.63) is 0 Å². The Bertz CT molecular complexity index is 275. The van der Waals surface area contributed by atoms with Gasteiger partial charge in [0.1, 0.15) is 0 Å². The third-order valence-corrected chi connectivity index (χ3v) is 3.36. The maximum atomic E-state index is 11.5. The second-order valence-electron chi connectivity index (χ2n) is 2.76. The molecule has 0 fully saturated rings. The lowest BCUT2D eigenvalue weighted by Gasteiger charge is -2.11. The number of carbonyl (C=O) groups is 1. The van der Waals surface area contributed by atoms with Crippen LogP contribution in [0.3, 0.4) is 0 Å². The Morgan fingerprint density at radius 3 is 2.50 bits per heavy atom. The molecule has 0 aliphatic heterocycles. The van der Waals surface area contributed by atoms with Gasteiger partial charge in [-0.25, -0.2) is 4.79 Å². The van der Waals surface area contributed by atoms with Gasteiger partial charge in [-0.3, -0.25) is 4.57 Å². The van der Waals surface area contributed by atoms with Crippen molar-refractivity contribution in [3.63, 3.8) is 0 Å². The van der Waals surface area contributed by atoms with E-state index in [-0.39, 0.29) is 12.6 Å². The summed E-state index contributed by atoms with van der Waals surface area (Å²) < 4.78 is 16.4. The maximum Gasteiger partial charge on any atom is 0.353 e. The van der Waals surface area contributed by atoms with E-state index in [2.05, 4.69) is 5.16 Å². The first-order valence-corrected chi connectivity index (χ1v) is 6.34. The molecule has 1 atom stereocenters. The Morgan fingerprint density at radius 2 is 2.14 bits per heavy atom. The highest BCUT2D eigenvalue weighted by Gasteiger charge is 2.19. The van der Waals surface area contributed by atoms with Gasteiger partial charge in [0, 0.05) is 19.2 Å². The van der Waals surface area contributed by atoms with E-state index < -0.39 is 19.0 Å². The second-order valence-corrected chi connectivity index (χ2v) is 5.49. The summed E-state index contributed by atoms with van der Waals surface area (Å²) in [5.74, 6) is -1.32. The lowest BCUT2D eigenvalue weighted by molar-refractivity contribution is -0.129. The van der Waals surface area contributed by atoms with Gasteiger partial charge in [-0.1, -0.05) is 5.16 Å². The molecule has 0 aromatic heterocycles. The van der Waals surface area contributed by atoms with Crippen LogP contribution in [0.2, 0.25) is 0 Å². The summed E-state index contributed by atoms with van der Waals surface area (Å²) in [6.07, 6.45) is -0.00779. The van der Waals surface area contributed by atoms with E-state index in [0.717, 1.165) is 0 Å². The number of aliphatic carboxylic acids is 1. The number of carboxylic acid groups (broad SMARTS) is 1. The zero-order valence-corrected chi connectivity index (χ0v) is 9.03. The molecule has 0 saturated heterocycles. The first kappa shape index (κ1) is 13.1. The predicted octanol–water partition coefficient (Wildman–Crippen LogP) is 1.24. The fraction of sp³-hybridized carbons (Fsp3) is 0.714. The normalized spacial score (nSPS) is 16.3. The van der Waals surface area contributed by atoms with Crippen LogP contribution >= 0.6 is 7.37 Å². The molecule has 0 spiro atoms. The fourth-order valence-electron chi connectivity index (χ4n) is 0.846. The van der Waals surface area contributed by atoms with Crippen LogP contribution in [0.4, 0.5) is 0 Å². The Labute approximate surface area is 82.0 Å². The Balaban J connectivity index is 4.17. The van der Waals surface area contributed by atoms with Crippen molar-refractivity contribution in [2.45, 2.75) is 13.3 Å². The van der Waals surface area contributed by atoms with Crippen LogP contribution in [-0.2, 0) is 13.9 Å². The van der Waals surface area contributed by atoms with Crippen molar-refractivity contribution in [2.24, 2.45) is 5.16 Å². The minimum Gasteiger partial charge on any atom is -0.477 e. The highest BCUT2D eigenvalue weighted by Crippen LogP contribution is 2.42. The smallest absolute Gasteiger partial charge is 0.353 e. The van der Waals surface area contributed by atoms with Crippen molar-refractivity contribution in [1.82, 2.24) is 0 Å². The lowest BCUT2D eigenvalue weighted by atomic mass is 10.3. The van der Waals surface area contributed by atoms with Gasteiger partial charge in [0.25, 0.3) is 0 Å². The molecule has 0 amide bonds. The van der Waals surface area contributed by atoms with Crippen molar-refractivity contribution in [1.29, 1.82) is 0 Å². The van der Waals surface area contributed by atoms with Gasteiger partial charge < -0.3 is 14.8 Å². The molecule has 0 aliphatic rings. The minimum absolute atomic E-state index is 0.0620. The summed E-state index contributed by atoms with van der Waals surface area (Å²) in [6.45, 7) is 3.44. The van der Waals surface area contributed by atoms with Gasteiger partial charge in [0.15, 0.2) is 5.71 Å². The highest BCUT2D eigenvalue weighted by molar-refractivity contribution is 7.58. The SMILES string of the molecule is CCOP(C)(=O)CC/C(=N/O)C(=O)O. The van der Waals surface area contributed by atoms with Crippen molar-refractivity contribution < 1.29 is 24.2 Å². The molecule has 14 heavy (non-hydrogen) atoms. The standard InChI is InChI=1S/C7H14NO5P/c1-3-13-14(2,12)5-4-6(8-11)7(9)10/h11H,3-5H2,1-2H3,(H,9,10)/b8-6-. The topological polar surface area (TPSA) is 96.2 Å². The Hall–Kier alpha value is -0.870. The minimum atomic E-state index is -2.75. The number of rotatable bonds is 6. The van der Waals surface area contributed by atoms with Crippen LogP contribution in [0.25, 0.3) is 0 Å². The molecule has 0 bridgehead atoms. The Kier molecular flexibility index (Phi) is 5.42. The van der Waals surface area contributed by atoms with Gasteiger partial charge in [0.05, 0.1) is 6.61 Å². The molecular formula is C7H14NO5P. The Morgan fingerprint density at radius 1 is 1.57 bits per heavy atom. The molecule has 1 unspecified atom stereocenters. The van der Waals surface area contributed by atoms with Gasteiger partial charge >= 0.3 is 5.97 Å². The molecular weight excluding hydrogens is 209 g/mol. The molecule has 82 valence electrons. The van der Waals surface area contributed by atoms with Gasteiger partial charge in [-0.2, -0.15) is 0 Å². The zero-order valence-electron chi connectivity index (χ0n) is 8.13. The first-order chi connectivity index (χ1) is 6.43. The van der Waals surface area contributed by atoms with Gasteiger partial charge in [0.2, 0.25) is 7.37 Å². The van der Waals surface area contributed by atoms with Crippen LogP contribution in [0.15, 0.2) is 5.16 Å². The molecule has 2 N–H and O–H groups in total. The molecule has 0 aromatic carbocycles. The van der Waals surface area contributed by atoms with Crippen LogP contribution in [-0.4, -0.2) is 41.4 Å². The summed E-state index contributed by atoms with van der Waals surface area (Å²) in [7, 11) is -2.75. The quantitative estimate of drug-likeness (QED) is 0.305. The first-order valence-electron chi connectivity index (χ1n) is 4.08. The molecule has 0 saturated carbocycles. The average Bonchev–Trinajstić information content (AvgIpc) is 2.04. The summed E-state index contributed by atoms with van der Waals surface area (Å²) in [5.41, 5.74) is -0.410. The van der Waals surface area contributed by atoms with E-state index in [4.69, 9.17) is 14.8 Å². The third kappa shape index (κ3) is 4.99. The summed E-state index contributed by atoms with van der Waals surface area (Å²) in [4.78, 5) is 10.4. The number of oxime groups is 1. The van der Waals surface area contributed by atoms with E-state index in [1.165, 1.54) is 6.66 Å². The van der Waals surface area contributed by atoms with Gasteiger partial charge in [-0.15, -0.1) is 0 Å². The number of nitrogens with zero attached hydrogens (tertiary/aromatic N) is 1. The van der Waals surface area contributed by atoms with Crippen LogP contribution in [0.5, 0.6) is 0 Å². The predicted molar refractivity (Wildman–Crippen MR) is 51.5 cm³/mol. The van der Waals surface area contributed by atoms with Crippen LogP contribution in [0.1, 0.15) is 13.3 Å². The van der Waals surface area contributed by atoms with Crippen molar-refractivity contribution in [2.75, 3.05) is 19.4 Å². The fourth-order valence-corrected chi connectivity index (χ4v) is 2.14. The van der Waals surface area contributed by atoms with E-state index in [1.54, 1.807) is 6.92 Å². The van der Waals surface area contributed by atoms with Crippen LogP contribution < -0.4 is 0 Å². The van der Waals surface area contributed by atoms with E-state index in [0.29, 0.717) is 6.61 Å². The molecule has 6 nitrogen and oxygen atoms in total. The number of hydrogen-bond donors (Lipinski definition) is 2. The molecule has 0 aromatic rings. The third-order valence-electron chi connectivity index (χ3n) is 1.52. The van der Waals surface area contributed by atoms with Crippen molar-refractivity contribution in [3.8, 4) is 0 Å². The summed E-state index contributed by atoms with van der Waals surface area (Å²) >= 11 is 0. The van der Waals surface area contributed by atoms with Crippen LogP contribution in [0, 0.1) is 0 Å². The molecule has 0 heterocycles. The monoisotopic (exact) mass is 223 g/mol. The summed E-state index contributed by atoms with van der Waals surface area (Å²) in [5, 5.41) is 19.4. The largest absolute Gasteiger partial charge is 0.477 e. The van der Waals surface area contributed by atoms with E-state index in [9.17, 15) is 9.36 Å². The average molecular weight is 223 g/mol. The molecule has 0 aliphatic carbocycles. The maximum absolute atomic E-state index is 11.5. The van der Waals surface area contributed by atoms with Gasteiger partial charge in [-0.05, 0) is 6.92 Å². The molecule has 0 radical (unpaired) electrons. The lowest BCUT2D eigenvalue weighted by Crippen LogP contribution is -2.14. The summed E-state index contributed by atoms with van der Waals surface area (Å²) in [6, 6.07) is 0. The van der Waals surface area contributed by atoms with Crippen molar-refractivity contribution >= 4 is 19.0 Å². The van der Waals surface area contributed by atoms with E-state index >= 15 is 0 Å². The molecule has 0 rings (SSSR count). The number of hydrogen-bond acceptors (Lipinski definition) is 5. The molecule has 7 heteroatoms.